The van der Waals surface area contributed by atoms with Gasteiger partial charge in [0.25, 0.3) is 0 Å². The molecule has 0 atom stereocenters. The van der Waals surface area contributed by atoms with E-state index < -0.39 is 0 Å². The van der Waals surface area contributed by atoms with E-state index in [0.717, 1.165) is 17.7 Å². The lowest BCUT2D eigenvalue weighted by Crippen LogP contribution is -2.01. The van der Waals surface area contributed by atoms with Crippen molar-refractivity contribution in [3.05, 3.63) is 30.6 Å². The van der Waals surface area contributed by atoms with Crippen LogP contribution in [0.1, 0.15) is 13.3 Å². The molecule has 18 heavy (non-hydrogen) atoms. The van der Waals surface area contributed by atoms with Crippen LogP contribution in [0, 0.1) is 0 Å². The van der Waals surface area contributed by atoms with Gasteiger partial charge in [0.15, 0.2) is 5.69 Å². The third-order valence-corrected chi connectivity index (χ3v) is 2.39. The van der Waals surface area contributed by atoms with E-state index in [0.29, 0.717) is 18.2 Å². The van der Waals surface area contributed by atoms with E-state index in [1.165, 1.54) is 6.33 Å². The highest BCUT2D eigenvalue weighted by molar-refractivity contribution is 5.64. The van der Waals surface area contributed by atoms with E-state index in [1.54, 1.807) is 7.11 Å². The Morgan fingerprint density at radius 3 is 2.61 bits per heavy atom. The Balaban J connectivity index is 2.30. The summed E-state index contributed by atoms with van der Waals surface area (Å²) in [7, 11) is 1.63. The molecule has 5 nitrogen and oxygen atoms in total. The number of aromatic nitrogens is 3. The van der Waals surface area contributed by atoms with Gasteiger partial charge >= 0.3 is 0 Å². The predicted octanol–water partition coefficient (Wildman–Crippen LogP) is 2.34. The molecule has 0 aliphatic rings. The zero-order valence-corrected chi connectivity index (χ0v) is 10.5. The first-order valence-corrected chi connectivity index (χ1v) is 5.80. The first kappa shape index (κ1) is 12.3. The lowest BCUT2D eigenvalue weighted by atomic mass is 10.1. The Labute approximate surface area is 106 Å². The average Bonchev–Trinajstić information content (AvgIpc) is 2.45. The Morgan fingerprint density at radius 1 is 1.17 bits per heavy atom. The second-order valence-corrected chi connectivity index (χ2v) is 3.69. The van der Waals surface area contributed by atoms with Crippen LogP contribution in [0.15, 0.2) is 30.6 Å². The minimum Gasteiger partial charge on any atom is -0.497 e. The highest BCUT2D eigenvalue weighted by Crippen LogP contribution is 2.26. The van der Waals surface area contributed by atoms with Crippen molar-refractivity contribution in [1.82, 2.24) is 15.2 Å². The maximum atomic E-state index is 5.55. The van der Waals surface area contributed by atoms with Gasteiger partial charge in [0, 0.05) is 5.56 Å². The quantitative estimate of drug-likeness (QED) is 0.809. The highest BCUT2D eigenvalue weighted by atomic mass is 16.5. The van der Waals surface area contributed by atoms with Gasteiger partial charge < -0.3 is 9.47 Å². The number of hydrogen-bond donors (Lipinski definition) is 0. The molecule has 0 aliphatic carbocycles. The van der Waals surface area contributed by atoms with Crippen LogP contribution in [-0.4, -0.2) is 28.9 Å². The summed E-state index contributed by atoms with van der Waals surface area (Å²) in [4.78, 5) is 4.11. The maximum absolute atomic E-state index is 5.55. The molecule has 0 saturated heterocycles. The van der Waals surface area contributed by atoms with Gasteiger partial charge in [-0.25, -0.2) is 0 Å². The van der Waals surface area contributed by atoms with E-state index in [9.17, 15) is 0 Å². The molecule has 0 unspecified atom stereocenters. The van der Waals surface area contributed by atoms with Crippen LogP contribution in [0.5, 0.6) is 11.6 Å². The van der Waals surface area contributed by atoms with Crippen molar-refractivity contribution in [1.29, 1.82) is 0 Å². The number of rotatable bonds is 5. The zero-order chi connectivity index (χ0) is 12.8. The SMILES string of the molecule is CCCOc1ncnnc1-c1ccc(OC)cc1. The summed E-state index contributed by atoms with van der Waals surface area (Å²) in [5.41, 5.74) is 1.55. The van der Waals surface area contributed by atoms with E-state index >= 15 is 0 Å². The largest absolute Gasteiger partial charge is 0.497 e. The molecule has 0 amide bonds. The molecule has 0 aliphatic heterocycles. The van der Waals surface area contributed by atoms with Gasteiger partial charge in [-0.2, -0.15) is 4.98 Å². The Bertz CT molecular complexity index is 500. The molecule has 0 spiro atoms. The summed E-state index contributed by atoms with van der Waals surface area (Å²) < 4.78 is 10.7. The average molecular weight is 245 g/mol. The Morgan fingerprint density at radius 2 is 1.94 bits per heavy atom. The molecule has 1 heterocycles. The van der Waals surface area contributed by atoms with Gasteiger partial charge in [0.2, 0.25) is 5.88 Å². The number of methoxy groups -OCH3 is 1. The molecule has 1 aromatic heterocycles. The van der Waals surface area contributed by atoms with Gasteiger partial charge in [-0.3, -0.25) is 0 Å². The van der Waals surface area contributed by atoms with E-state index in [4.69, 9.17) is 9.47 Å². The molecule has 5 heteroatoms. The molecule has 2 rings (SSSR count). The van der Waals surface area contributed by atoms with E-state index in [-0.39, 0.29) is 0 Å². The van der Waals surface area contributed by atoms with Crippen LogP contribution in [0.25, 0.3) is 11.3 Å². The number of ether oxygens (including phenoxy) is 2. The summed E-state index contributed by atoms with van der Waals surface area (Å²) in [5, 5.41) is 7.88. The summed E-state index contributed by atoms with van der Waals surface area (Å²) in [6.45, 7) is 2.66. The summed E-state index contributed by atoms with van der Waals surface area (Å²) >= 11 is 0. The van der Waals surface area contributed by atoms with Crippen molar-refractivity contribution in [3.8, 4) is 22.9 Å². The molecule has 0 N–H and O–H groups in total. The molecular weight excluding hydrogens is 230 g/mol. The second kappa shape index (κ2) is 5.95. The molecule has 0 fully saturated rings. The number of benzene rings is 1. The summed E-state index contributed by atoms with van der Waals surface area (Å²) in [5.74, 6) is 1.31. The smallest absolute Gasteiger partial charge is 0.244 e. The van der Waals surface area contributed by atoms with Crippen LogP contribution in [0.2, 0.25) is 0 Å². The molecule has 1 aromatic carbocycles. The fourth-order valence-corrected chi connectivity index (χ4v) is 1.50. The standard InChI is InChI=1S/C13H15N3O2/c1-3-8-18-13-12(16-15-9-14-13)10-4-6-11(17-2)7-5-10/h4-7,9H,3,8H2,1-2H3. The fraction of sp³-hybridized carbons (Fsp3) is 0.308. The van der Waals surface area contributed by atoms with Crippen molar-refractivity contribution >= 4 is 0 Å². The van der Waals surface area contributed by atoms with Crippen molar-refractivity contribution in [2.45, 2.75) is 13.3 Å². The molecule has 0 bridgehead atoms. The van der Waals surface area contributed by atoms with Gasteiger partial charge in [0.05, 0.1) is 13.7 Å². The minimum absolute atomic E-state index is 0.511. The third-order valence-electron chi connectivity index (χ3n) is 2.39. The molecule has 0 saturated carbocycles. The van der Waals surface area contributed by atoms with Gasteiger partial charge in [-0.05, 0) is 30.7 Å². The topological polar surface area (TPSA) is 57.1 Å². The van der Waals surface area contributed by atoms with Gasteiger partial charge in [-0.1, -0.05) is 6.92 Å². The maximum Gasteiger partial charge on any atom is 0.244 e. The minimum atomic E-state index is 0.511. The first-order valence-electron chi connectivity index (χ1n) is 5.80. The van der Waals surface area contributed by atoms with E-state index in [2.05, 4.69) is 15.2 Å². The van der Waals surface area contributed by atoms with Crippen LogP contribution >= 0.6 is 0 Å². The van der Waals surface area contributed by atoms with Gasteiger partial charge in [-0.15, -0.1) is 10.2 Å². The van der Waals surface area contributed by atoms with E-state index in [1.807, 2.05) is 31.2 Å². The van der Waals surface area contributed by atoms with Crippen LogP contribution < -0.4 is 9.47 Å². The van der Waals surface area contributed by atoms with Crippen molar-refractivity contribution in [3.63, 3.8) is 0 Å². The molecule has 2 aromatic rings. The Kier molecular flexibility index (Phi) is 4.06. The number of hydrogen-bond acceptors (Lipinski definition) is 5. The zero-order valence-electron chi connectivity index (χ0n) is 10.5. The monoisotopic (exact) mass is 245 g/mol. The van der Waals surface area contributed by atoms with Crippen molar-refractivity contribution < 1.29 is 9.47 Å². The Hall–Kier alpha value is -2.17. The highest BCUT2D eigenvalue weighted by Gasteiger charge is 2.09. The van der Waals surface area contributed by atoms with Crippen molar-refractivity contribution in [2.24, 2.45) is 0 Å². The van der Waals surface area contributed by atoms with Crippen molar-refractivity contribution in [2.75, 3.05) is 13.7 Å². The van der Waals surface area contributed by atoms with Crippen LogP contribution in [-0.2, 0) is 0 Å². The normalized spacial score (nSPS) is 10.1. The van der Waals surface area contributed by atoms with Crippen LogP contribution in [0.3, 0.4) is 0 Å². The molecule has 94 valence electrons. The lowest BCUT2D eigenvalue weighted by molar-refractivity contribution is 0.304. The lowest BCUT2D eigenvalue weighted by Gasteiger charge is -2.08. The van der Waals surface area contributed by atoms with Gasteiger partial charge in [0.1, 0.15) is 12.1 Å². The third kappa shape index (κ3) is 2.74. The number of nitrogens with zero attached hydrogens (tertiary/aromatic N) is 3. The van der Waals surface area contributed by atoms with Crippen LogP contribution in [0.4, 0.5) is 0 Å². The fourth-order valence-electron chi connectivity index (χ4n) is 1.50. The predicted molar refractivity (Wildman–Crippen MR) is 67.6 cm³/mol. The first-order chi connectivity index (χ1) is 8.85. The summed E-state index contributed by atoms with van der Waals surface area (Å²) in [6, 6.07) is 7.55. The second-order valence-electron chi connectivity index (χ2n) is 3.69. The molecule has 0 radical (unpaired) electrons. The summed E-state index contributed by atoms with van der Waals surface area (Å²) in [6.07, 6.45) is 2.31. The molecular formula is C13H15N3O2.